The molecule has 0 spiro atoms. The zero-order valence-electron chi connectivity index (χ0n) is 9.75. The Morgan fingerprint density at radius 3 is 2.82 bits per heavy atom. The predicted molar refractivity (Wildman–Crippen MR) is 73.2 cm³/mol. The number of aliphatic imine (C=N–C) groups is 1. The van der Waals surface area contributed by atoms with E-state index in [0.29, 0.717) is 0 Å². The number of hydrogen-bond acceptors (Lipinski definition) is 2. The molecule has 0 aromatic heterocycles. The van der Waals surface area contributed by atoms with E-state index in [-0.39, 0.29) is 5.96 Å². The number of guanidine groups is 1. The van der Waals surface area contributed by atoms with Crippen LogP contribution in [0.1, 0.15) is 12.5 Å². The number of carbonyl (C=O) groups excluding carboxylic acids is 1. The molecule has 0 fully saturated rings. The molecule has 0 atom stereocenters. The van der Waals surface area contributed by atoms with Crippen LogP contribution in [0.5, 0.6) is 0 Å². The van der Waals surface area contributed by atoms with Crippen molar-refractivity contribution >= 4 is 33.6 Å². The molecule has 0 aliphatic heterocycles. The summed E-state index contributed by atoms with van der Waals surface area (Å²) in [5.41, 5.74) is 7.19. The molecule has 0 bridgehead atoms. The van der Waals surface area contributed by atoms with E-state index >= 15 is 0 Å². The lowest BCUT2D eigenvalue weighted by Crippen LogP contribution is -2.39. The maximum absolute atomic E-state index is 11.6. The van der Waals surface area contributed by atoms with Crippen LogP contribution in [0.15, 0.2) is 27.7 Å². The molecule has 6 heteroatoms. The van der Waals surface area contributed by atoms with E-state index in [1.807, 2.05) is 25.1 Å². The molecule has 17 heavy (non-hydrogen) atoms. The first-order valence-corrected chi connectivity index (χ1v) is 5.95. The first-order chi connectivity index (χ1) is 8.08. The Morgan fingerprint density at radius 1 is 1.53 bits per heavy atom. The monoisotopic (exact) mass is 298 g/mol. The largest absolute Gasteiger partial charge is 0.370 e. The summed E-state index contributed by atoms with van der Waals surface area (Å²) in [6, 6.07) is 5.34. The number of nitrogens with two attached hydrogens (primary N) is 1. The number of benzene rings is 1. The van der Waals surface area contributed by atoms with Gasteiger partial charge in [0, 0.05) is 11.5 Å². The molecule has 0 aliphatic rings. The molecule has 4 N–H and O–H groups in total. The summed E-state index contributed by atoms with van der Waals surface area (Å²) < 4.78 is 0.832. The molecule has 0 aliphatic carbocycles. The number of urea groups is 1. The van der Waals surface area contributed by atoms with Gasteiger partial charge in [-0.3, -0.25) is 10.3 Å². The lowest BCUT2D eigenvalue weighted by atomic mass is 10.1. The second-order valence-corrected chi connectivity index (χ2v) is 4.17. The average molecular weight is 299 g/mol. The van der Waals surface area contributed by atoms with Crippen molar-refractivity contribution in [3.8, 4) is 0 Å². The smallest absolute Gasteiger partial charge is 0.326 e. The van der Waals surface area contributed by atoms with Gasteiger partial charge in [-0.2, -0.15) is 0 Å². The minimum absolute atomic E-state index is 0.0765. The summed E-state index contributed by atoms with van der Waals surface area (Å²) in [5, 5.41) is 5.15. The van der Waals surface area contributed by atoms with Gasteiger partial charge in [-0.25, -0.2) is 4.79 Å². The van der Waals surface area contributed by atoms with Crippen molar-refractivity contribution in [1.82, 2.24) is 5.32 Å². The van der Waals surface area contributed by atoms with E-state index < -0.39 is 6.03 Å². The Morgan fingerprint density at radius 2 is 2.24 bits per heavy atom. The molecule has 92 valence electrons. The number of nitrogens with zero attached hydrogens (tertiary/aromatic N) is 1. The van der Waals surface area contributed by atoms with Crippen LogP contribution in [0.4, 0.5) is 10.5 Å². The summed E-state index contributed by atoms with van der Waals surface area (Å²) in [7, 11) is 1.51. The molecular weight excluding hydrogens is 284 g/mol. The SMILES string of the molecule is CCc1cccc(Br)c1NC(=O)NC(N)=NC. The van der Waals surface area contributed by atoms with Gasteiger partial charge in [0.25, 0.3) is 0 Å². The summed E-state index contributed by atoms with van der Waals surface area (Å²) in [5.74, 6) is 0.0765. The molecule has 1 aromatic rings. The fraction of sp³-hybridized carbons (Fsp3) is 0.273. The summed E-state index contributed by atoms with van der Waals surface area (Å²) in [4.78, 5) is 15.2. The third-order valence-corrected chi connectivity index (χ3v) is 2.86. The molecule has 5 nitrogen and oxygen atoms in total. The second-order valence-electron chi connectivity index (χ2n) is 3.32. The topological polar surface area (TPSA) is 79.5 Å². The lowest BCUT2D eigenvalue weighted by molar-refractivity contribution is 0.256. The molecule has 0 radical (unpaired) electrons. The van der Waals surface area contributed by atoms with Crippen molar-refractivity contribution in [3.63, 3.8) is 0 Å². The zero-order valence-corrected chi connectivity index (χ0v) is 11.3. The molecule has 0 unspecified atom stereocenters. The maximum Gasteiger partial charge on any atom is 0.326 e. The van der Waals surface area contributed by atoms with E-state index in [4.69, 9.17) is 5.73 Å². The summed E-state index contributed by atoms with van der Waals surface area (Å²) in [6.07, 6.45) is 0.826. The molecule has 1 rings (SSSR count). The van der Waals surface area contributed by atoms with Crippen molar-refractivity contribution in [2.75, 3.05) is 12.4 Å². The highest BCUT2D eigenvalue weighted by atomic mass is 79.9. The van der Waals surface area contributed by atoms with Gasteiger partial charge in [0.05, 0.1) is 5.69 Å². The molecular formula is C11H15BrN4O. The molecule has 2 amide bonds. The number of nitrogens with one attached hydrogen (secondary N) is 2. The van der Waals surface area contributed by atoms with Crippen LogP contribution in [0.2, 0.25) is 0 Å². The van der Waals surface area contributed by atoms with Crippen LogP contribution in [0.25, 0.3) is 0 Å². The Bertz CT molecular complexity index is 445. The van der Waals surface area contributed by atoms with Crippen LogP contribution < -0.4 is 16.4 Å². The molecule has 0 saturated carbocycles. The van der Waals surface area contributed by atoms with Crippen molar-refractivity contribution in [2.24, 2.45) is 10.7 Å². The van der Waals surface area contributed by atoms with Gasteiger partial charge < -0.3 is 11.1 Å². The lowest BCUT2D eigenvalue weighted by Gasteiger charge is -2.12. The Kier molecular flexibility index (Phi) is 4.96. The number of carbonyl (C=O) groups is 1. The van der Waals surface area contributed by atoms with Gasteiger partial charge in [-0.05, 0) is 34.0 Å². The number of para-hydroxylation sites is 1. The normalized spacial score (nSPS) is 11.1. The number of anilines is 1. The van der Waals surface area contributed by atoms with Gasteiger partial charge in [0.2, 0.25) is 0 Å². The molecule has 0 heterocycles. The zero-order chi connectivity index (χ0) is 12.8. The number of aryl methyl sites for hydroxylation is 1. The number of rotatable bonds is 2. The van der Waals surface area contributed by atoms with Crippen LogP contribution >= 0.6 is 15.9 Å². The Balaban J connectivity index is 2.84. The minimum Gasteiger partial charge on any atom is -0.370 e. The number of amides is 2. The van der Waals surface area contributed by atoms with Crippen molar-refractivity contribution in [1.29, 1.82) is 0 Å². The first-order valence-electron chi connectivity index (χ1n) is 5.16. The quantitative estimate of drug-likeness (QED) is 0.577. The predicted octanol–water partition coefficient (Wildman–Crippen LogP) is 2.08. The van der Waals surface area contributed by atoms with E-state index in [2.05, 4.69) is 31.6 Å². The highest BCUT2D eigenvalue weighted by molar-refractivity contribution is 9.10. The Labute approximate surface area is 109 Å². The number of halogens is 1. The van der Waals surface area contributed by atoms with E-state index in [1.165, 1.54) is 7.05 Å². The van der Waals surface area contributed by atoms with E-state index in [1.54, 1.807) is 0 Å². The third kappa shape index (κ3) is 3.74. The van der Waals surface area contributed by atoms with Crippen LogP contribution in [-0.2, 0) is 6.42 Å². The summed E-state index contributed by atoms with van der Waals surface area (Å²) >= 11 is 3.40. The fourth-order valence-corrected chi connectivity index (χ4v) is 1.83. The van der Waals surface area contributed by atoms with Crippen LogP contribution in [0, 0.1) is 0 Å². The molecule has 0 saturated heterocycles. The van der Waals surface area contributed by atoms with Crippen molar-refractivity contribution < 1.29 is 4.79 Å². The van der Waals surface area contributed by atoms with Crippen molar-refractivity contribution in [3.05, 3.63) is 28.2 Å². The fourth-order valence-electron chi connectivity index (χ4n) is 1.32. The van der Waals surface area contributed by atoms with Gasteiger partial charge in [0.1, 0.15) is 0 Å². The van der Waals surface area contributed by atoms with Crippen LogP contribution in [0.3, 0.4) is 0 Å². The van der Waals surface area contributed by atoms with Gasteiger partial charge in [-0.15, -0.1) is 0 Å². The van der Waals surface area contributed by atoms with Crippen LogP contribution in [-0.4, -0.2) is 19.0 Å². The first kappa shape index (κ1) is 13.5. The standard InChI is InChI=1S/C11H15BrN4O/c1-3-7-5-4-6-8(12)9(7)15-11(17)16-10(13)14-2/h4-6H,3H2,1-2H3,(H4,13,14,15,16,17). The second kappa shape index (κ2) is 6.24. The summed E-state index contributed by atoms with van der Waals surface area (Å²) in [6.45, 7) is 2.02. The highest BCUT2D eigenvalue weighted by Crippen LogP contribution is 2.26. The number of hydrogen-bond donors (Lipinski definition) is 3. The third-order valence-electron chi connectivity index (χ3n) is 2.20. The maximum atomic E-state index is 11.6. The van der Waals surface area contributed by atoms with Crippen molar-refractivity contribution in [2.45, 2.75) is 13.3 Å². The average Bonchev–Trinajstić information content (AvgIpc) is 2.31. The highest BCUT2D eigenvalue weighted by Gasteiger charge is 2.09. The van der Waals surface area contributed by atoms with Gasteiger partial charge in [-0.1, -0.05) is 19.1 Å². The molecule has 1 aromatic carbocycles. The Hall–Kier alpha value is -1.56. The van der Waals surface area contributed by atoms with Gasteiger partial charge >= 0.3 is 6.03 Å². The van der Waals surface area contributed by atoms with Gasteiger partial charge in [0.15, 0.2) is 5.96 Å². The minimum atomic E-state index is -0.408. The van der Waals surface area contributed by atoms with E-state index in [0.717, 1.165) is 22.1 Å². The van der Waals surface area contributed by atoms with E-state index in [9.17, 15) is 4.79 Å².